The molecule has 0 saturated heterocycles. The van der Waals surface area contributed by atoms with E-state index in [-0.39, 0.29) is 6.10 Å². The van der Waals surface area contributed by atoms with E-state index in [0.717, 1.165) is 12.3 Å². The van der Waals surface area contributed by atoms with Gasteiger partial charge in [0, 0.05) is 12.6 Å². The topological polar surface area (TPSA) is 21.3 Å². The second-order valence-electron chi connectivity index (χ2n) is 4.78. The van der Waals surface area contributed by atoms with Crippen LogP contribution < -0.4 is 10.1 Å². The Kier molecular flexibility index (Phi) is 5.33. The Morgan fingerprint density at radius 2 is 1.69 bits per heavy atom. The molecule has 90 valence electrons. The number of rotatable bonds is 6. The molecule has 1 aromatic carbocycles. The van der Waals surface area contributed by atoms with E-state index >= 15 is 0 Å². The maximum Gasteiger partial charge on any atom is 0.119 e. The highest BCUT2D eigenvalue weighted by Crippen LogP contribution is 2.14. The van der Waals surface area contributed by atoms with E-state index in [1.54, 1.807) is 0 Å². The van der Waals surface area contributed by atoms with Crippen molar-refractivity contribution in [2.24, 2.45) is 5.92 Å². The monoisotopic (exact) mass is 221 g/mol. The van der Waals surface area contributed by atoms with Gasteiger partial charge in [0.05, 0.1) is 0 Å². The molecule has 0 aliphatic carbocycles. The van der Waals surface area contributed by atoms with Crippen molar-refractivity contribution in [1.82, 2.24) is 5.32 Å². The smallest absolute Gasteiger partial charge is 0.119 e. The highest BCUT2D eigenvalue weighted by Gasteiger charge is 2.15. The van der Waals surface area contributed by atoms with E-state index < -0.39 is 0 Å². The molecule has 1 unspecified atom stereocenters. The predicted octanol–water partition coefficient (Wildman–Crippen LogP) is 3.09. The Hall–Kier alpha value is -1.02. The SMILES string of the molecule is CC(C)NCC(Oc1ccccc1)C(C)C. The Labute approximate surface area is 99.0 Å². The van der Waals surface area contributed by atoms with Crippen molar-refractivity contribution >= 4 is 0 Å². The molecule has 0 bridgehead atoms. The summed E-state index contributed by atoms with van der Waals surface area (Å²) in [6, 6.07) is 10.5. The minimum absolute atomic E-state index is 0.227. The summed E-state index contributed by atoms with van der Waals surface area (Å²) in [5.41, 5.74) is 0. The van der Waals surface area contributed by atoms with E-state index in [2.05, 4.69) is 33.0 Å². The molecule has 0 aliphatic heterocycles. The molecule has 0 radical (unpaired) electrons. The molecule has 16 heavy (non-hydrogen) atoms. The number of nitrogens with one attached hydrogen (secondary N) is 1. The maximum atomic E-state index is 5.96. The number of hydrogen-bond acceptors (Lipinski definition) is 2. The van der Waals surface area contributed by atoms with Gasteiger partial charge in [-0.25, -0.2) is 0 Å². The van der Waals surface area contributed by atoms with Crippen LogP contribution in [0.25, 0.3) is 0 Å². The molecule has 1 aromatic rings. The van der Waals surface area contributed by atoms with Gasteiger partial charge < -0.3 is 10.1 Å². The van der Waals surface area contributed by atoms with Crippen molar-refractivity contribution < 1.29 is 4.74 Å². The molecule has 0 fully saturated rings. The van der Waals surface area contributed by atoms with Gasteiger partial charge in [-0.3, -0.25) is 0 Å². The van der Waals surface area contributed by atoms with E-state index in [9.17, 15) is 0 Å². The molecule has 0 heterocycles. The molecule has 1 N–H and O–H groups in total. The van der Waals surface area contributed by atoms with Crippen LogP contribution in [0.4, 0.5) is 0 Å². The quantitative estimate of drug-likeness (QED) is 0.797. The van der Waals surface area contributed by atoms with Crippen molar-refractivity contribution in [2.75, 3.05) is 6.54 Å². The Morgan fingerprint density at radius 3 is 2.19 bits per heavy atom. The van der Waals surface area contributed by atoms with Crippen LogP contribution in [-0.4, -0.2) is 18.7 Å². The first-order chi connectivity index (χ1) is 7.59. The average Bonchev–Trinajstić information content (AvgIpc) is 2.25. The van der Waals surface area contributed by atoms with Gasteiger partial charge >= 0.3 is 0 Å². The Balaban J connectivity index is 2.51. The summed E-state index contributed by atoms with van der Waals surface area (Å²) in [6.07, 6.45) is 0.227. The standard InChI is InChI=1S/C14H23NO/c1-11(2)14(10-15-12(3)4)16-13-8-6-5-7-9-13/h5-9,11-12,14-15H,10H2,1-4H3. The number of benzene rings is 1. The first-order valence-electron chi connectivity index (χ1n) is 6.04. The van der Waals surface area contributed by atoms with Gasteiger partial charge in [0.15, 0.2) is 0 Å². The lowest BCUT2D eigenvalue weighted by Gasteiger charge is -2.24. The number of para-hydroxylation sites is 1. The Bertz CT molecular complexity index is 282. The summed E-state index contributed by atoms with van der Waals surface area (Å²) in [6.45, 7) is 9.58. The minimum atomic E-state index is 0.227. The molecule has 0 aromatic heterocycles. The zero-order chi connectivity index (χ0) is 12.0. The lowest BCUT2D eigenvalue weighted by molar-refractivity contribution is 0.146. The van der Waals surface area contributed by atoms with E-state index in [1.807, 2.05) is 30.3 Å². The van der Waals surface area contributed by atoms with Crippen LogP contribution in [0.15, 0.2) is 30.3 Å². The zero-order valence-corrected chi connectivity index (χ0v) is 10.7. The highest BCUT2D eigenvalue weighted by atomic mass is 16.5. The maximum absolute atomic E-state index is 5.96. The van der Waals surface area contributed by atoms with Gasteiger partial charge in [0.2, 0.25) is 0 Å². The van der Waals surface area contributed by atoms with Crippen molar-refractivity contribution in [3.63, 3.8) is 0 Å². The molecule has 0 saturated carbocycles. The molecule has 0 spiro atoms. The first kappa shape index (κ1) is 13.0. The molecule has 2 nitrogen and oxygen atoms in total. The van der Waals surface area contributed by atoms with Crippen molar-refractivity contribution in [1.29, 1.82) is 0 Å². The highest BCUT2D eigenvalue weighted by molar-refractivity contribution is 5.21. The van der Waals surface area contributed by atoms with E-state index in [0.29, 0.717) is 12.0 Å². The van der Waals surface area contributed by atoms with Crippen LogP contribution in [0.3, 0.4) is 0 Å². The van der Waals surface area contributed by atoms with E-state index in [1.165, 1.54) is 0 Å². The lowest BCUT2D eigenvalue weighted by atomic mass is 10.1. The largest absolute Gasteiger partial charge is 0.489 e. The summed E-state index contributed by atoms with van der Waals surface area (Å²) in [5, 5.41) is 3.42. The molecule has 2 heteroatoms. The number of hydrogen-bond donors (Lipinski definition) is 1. The van der Waals surface area contributed by atoms with Gasteiger partial charge in [-0.2, -0.15) is 0 Å². The summed E-state index contributed by atoms with van der Waals surface area (Å²) >= 11 is 0. The fraction of sp³-hybridized carbons (Fsp3) is 0.571. The molecular weight excluding hydrogens is 198 g/mol. The normalized spacial score (nSPS) is 13.1. The fourth-order valence-corrected chi connectivity index (χ4v) is 1.44. The summed E-state index contributed by atoms with van der Waals surface area (Å²) in [7, 11) is 0. The third-order valence-corrected chi connectivity index (χ3v) is 2.50. The van der Waals surface area contributed by atoms with Gasteiger partial charge in [-0.05, 0) is 18.1 Å². The van der Waals surface area contributed by atoms with Gasteiger partial charge in [-0.1, -0.05) is 45.9 Å². The van der Waals surface area contributed by atoms with E-state index in [4.69, 9.17) is 4.74 Å². The molecular formula is C14H23NO. The summed E-state index contributed by atoms with van der Waals surface area (Å²) < 4.78 is 5.96. The second-order valence-corrected chi connectivity index (χ2v) is 4.78. The third-order valence-electron chi connectivity index (χ3n) is 2.50. The zero-order valence-electron chi connectivity index (χ0n) is 10.7. The Morgan fingerprint density at radius 1 is 1.06 bits per heavy atom. The lowest BCUT2D eigenvalue weighted by Crippen LogP contribution is -2.38. The molecule has 0 aliphatic rings. The number of ether oxygens (including phenoxy) is 1. The summed E-state index contributed by atoms with van der Waals surface area (Å²) in [5.74, 6) is 1.46. The predicted molar refractivity (Wildman–Crippen MR) is 68.8 cm³/mol. The van der Waals surface area contributed by atoms with Crippen molar-refractivity contribution in [2.45, 2.75) is 39.8 Å². The van der Waals surface area contributed by atoms with Gasteiger partial charge in [0.1, 0.15) is 11.9 Å². The van der Waals surface area contributed by atoms with Crippen LogP contribution in [-0.2, 0) is 0 Å². The molecule has 0 amide bonds. The van der Waals surface area contributed by atoms with Crippen LogP contribution in [0, 0.1) is 5.92 Å². The van der Waals surface area contributed by atoms with Gasteiger partial charge in [0.25, 0.3) is 0 Å². The molecule has 1 rings (SSSR count). The molecule has 1 atom stereocenters. The van der Waals surface area contributed by atoms with Crippen LogP contribution in [0.2, 0.25) is 0 Å². The van der Waals surface area contributed by atoms with Crippen molar-refractivity contribution in [3.05, 3.63) is 30.3 Å². The summed E-state index contributed by atoms with van der Waals surface area (Å²) in [4.78, 5) is 0. The van der Waals surface area contributed by atoms with Gasteiger partial charge in [-0.15, -0.1) is 0 Å². The van der Waals surface area contributed by atoms with Crippen LogP contribution >= 0.6 is 0 Å². The average molecular weight is 221 g/mol. The van der Waals surface area contributed by atoms with Crippen LogP contribution in [0.5, 0.6) is 5.75 Å². The minimum Gasteiger partial charge on any atom is -0.489 e. The second kappa shape index (κ2) is 6.54. The fourth-order valence-electron chi connectivity index (χ4n) is 1.44. The third kappa shape index (κ3) is 4.67. The van der Waals surface area contributed by atoms with Crippen molar-refractivity contribution in [3.8, 4) is 5.75 Å². The van der Waals surface area contributed by atoms with Crippen LogP contribution in [0.1, 0.15) is 27.7 Å². The first-order valence-corrected chi connectivity index (χ1v) is 6.04.